The van der Waals surface area contributed by atoms with Gasteiger partial charge in [0.25, 0.3) is 0 Å². The number of pyridine rings is 1. The minimum absolute atomic E-state index is 0.298. The third-order valence-corrected chi connectivity index (χ3v) is 3.29. The van der Waals surface area contributed by atoms with Crippen LogP contribution in [0.1, 0.15) is 19.4 Å². The van der Waals surface area contributed by atoms with E-state index >= 15 is 0 Å². The van der Waals surface area contributed by atoms with Gasteiger partial charge >= 0.3 is 0 Å². The van der Waals surface area contributed by atoms with E-state index in [9.17, 15) is 0 Å². The van der Waals surface area contributed by atoms with Crippen LogP contribution in [0, 0.1) is 0 Å². The summed E-state index contributed by atoms with van der Waals surface area (Å²) in [5.41, 5.74) is 1.09. The molecule has 1 saturated heterocycles. The zero-order chi connectivity index (χ0) is 11.5. The highest BCUT2D eigenvalue weighted by atomic mass is 35.5. The van der Waals surface area contributed by atoms with Gasteiger partial charge in [0.15, 0.2) is 0 Å². The van der Waals surface area contributed by atoms with Gasteiger partial charge in [-0.05, 0) is 19.9 Å². The monoisotopic (exact) mass is 240 g/mol. The van der Waals surface area contributed by atoms with Crippen LogP contribution in [0.2, 0.25) is 5.15 Å². The van der Waals surface area contributed by atoms with Crippen LogP contribution < -0.4 is 0 Å². The van der Waals surface area contributed by atoms with E-state index in [1.165, 1.54) is 0 Å². The fourth-order valence-electron chi connectivity index (χ4n) is 1.95. The summed E-state index contributed by atoms with van der Waals surface area (Å²) in [6.45, 7) is 6.87. The predicted molar refractivity (Wildman–Crippen MR) is 64.5 cm³/mol. The minimum atomic E-state index is 0.298. The standard InChI is InChI=1S/C12H17ClN2O/c1-9-8-16-10(2)6-15(9)7-11-4-3-5-14-12(11)13/h3-5,9-10H,6-8H2,1-2H3. The first-order valence-electron chi connectivity index (χ1n) is 5.62. The summed E-state index contributed by atoms with van der Waals surface area (Å²) in [6.07, 6.45) is 2.02. The minimum Gasteiger partial charge on any atom is -0.376 e. The van der Waals surface area contributed by atoms with Crippen LogP contribution in [-0.2, 0) is 11.3 Å². The summed E-state index contributed by atoms with van der Waals surface area (Å²) in [5, 5.41) is 0.605. The second kappa shape index (κ2) is 5.13. The maximum absolute atomic E-state index is 6.06. The molecule has 0 N–H and O–H groups in total. The van der Waals surface area contributed by atoms with E-state index in [1.54, 1.807) is 6.20 Å². The van der Waals surface area contributed by atoms with Gasteiger partial charge < -0.3 is 4.74 Å². The molecule has 0 aliphatic carbocycles. The van der Waals surface area contributed by atoms with E-state index < -0.39 is 0 Å². The Morgan fingerprint density at radius 3 is 3.12 bits per heavy atom. The van der Waals surface area contributed by atoms with Gasteiger partial charge in [0, 0.05) is 30.9 Å². The molecule has 2 atom stereocenters. The molecule has 4 heteroatoms. The molecule has 0 amide bonds. The van der Waals surface area contributed by atoms with Crippen LogP contribution >= 0.6 is 11.6 Å². The van der Waals surface area contributed by atoms with Gasteiger partial charge in [0.1, 0.15) is 5.15 Å². The lowest BCUT2D eigenvalue weighted by atomic mass is 10.1. The molecule has 1 aliphatic rings. The van der Waals surface area contributed by atoms with E-state index in [0.717, 1.165) is 25.3 Å². The van der Waals surface area contributed by atoms with Gasteiger partial charge in [-0.2, -0.15) is 0 Å². The quantitative estimate of drug-likeness (QED) is 0.742. The Bertz CT molecular complexity index is 359. The average Bonchev–Trinajstić information content (AvgIpc) is 2.27. The predicted octanol–water partition coefficient (Wildman–Crippen LogP) is 2.34. The molecule has 0 saturated carbocycles. The first-order valence-corrected chi connectivity index (χ1v) is 5.99. The summed E-state index contributed by atoms with van der Waals surface area (Å²) in [7, 11) is 0. The molecule has 0 spiro atoms. The fraction of sp³-hybridized carbons (Fsp3) is 0.583. The van der Waals surface area contributed by atoms with Crippen LogP contribution in [0.3, 0.4) is 0 Å². The number of hydrogen-bond acceptors (Lipinski definition) is 3. The smallest absolute Gasteiger partial charge is 0.133 e. The fourth-order valence-corrected chi connectivity index (χ4v) is 2.13. The maximum atomic E-state index is 6.06. The van der Waals surface area contributed by atoms with Crippen LogP contribution in [-0.4, -0.2) is 35.2 Å². The van der Waals surface area contributed by atoms with E-state index in [0.29, 0.717) is 17.3 Å². The number of nitrogens with zero attached hydrogens (tertiary/aromatic N) is 2. The maximum Gasteiger partial charge on any atom is 0.133 e. The molecule has 0 radical (unpaired) electrons. The number of rotatable bonds is 2. The Morgan fingerprint density at radius 2 is 2.38 bits per heavy atom. The Kier molecular flexibility index (Phi) is 3.79. The lowest BCUT2D eigenvalue weighted by Gasteiger charge is -2.36. The van der Waals surface area contributed by atoms with Crippen LogP contribution in [0.15, 0.2) is 18.3 Å². The Morgan fingerprint density at radius 1 is 1.56 bits per heavy atom. The summed E-state index contributed by atoms with van der Waals surface area (Å²) in [6, 6.07) is 4.39. The summed E-state index contributed by atoms with van der Waals surface area (Å²) < 4.78 is 5.60. The summed E-state index contributed by atoms with van der Waals surface area (Å²) in [5.74, 6) is 0. The Labute approximate surface area is 101 Å². The molecule has 88 valence electrons. The van der Waals surface area contributed by atoms with Gasteiger partial charge in [-0.3, -0.25) is 4.90 Å². The van der Waals surface area contributed by atoms with Crippen LogP contribution in [0.25, 0.3) is 0 Å². The Hall–Kier alpha value is -0.640. The molecule has 1 fully saturated rings. The second-order valence-corrected chi connectivity index (χ2v) is 4.73. The van der Waals surface area contributed by atoms with Gasteiger partial charge in [-0.1, -0.05) is 17.7 Å². The summed E-state index contributed by atoms with van der Waals surface area (Å²) >= 11 is 6.06. The molecule has 2 rings (SSSR count). The molecule has 0 bridgehead atoms. The zero-order valence-corrected chi connectivity index (χ0v) is 10.4. The highest BCUT2D eigenvalue weighted by molar-refractivity contribution is 6.30. The molecule has 3 nitrogen and oxygen atoms in total. The van der Waals surface area contributed by atoms with E-state index in [-0.39, 0.29) is 0 Å². The number of hydrogen-bond donors (Lipinski definition) is 0. The lowest BCUT2D eigenvalue weighted by Crippen LogP contribution is -2.46. The molecular weight excluding hydrogens is 224 g/mol. The van der Waals surface area contributed by atoms with Gasteiger partial charge in [-0.15, -0.1) is 0 Å². The Balaban J connectivity index is 2.06. The van der Waals surface area contributed by atoms with Crippen LogP contribution in [0.5, 0.6) is 0 Å². The van der Waals surface area contributed by atoms with E-state index in [4.69, 9.17) is 16.3 Å². The average molecular weight is 241 g/mol. The first kappa shape index (κ1) is 11.8. The molecule has 2 unspecified atom stereocenters. The number of ether oxygens (including phenoxy) is 1. The molecule has 0 aromatic carbocycles. The van der Waals surface area contributed by atoms with Crippen molar-refractivity contribution in [3.8, 4) is 0 Å². The van der Waals surface area contributed by atoms with Crippen molar-refractivity contribution in [3.05, 3.63) is 29.0 Å². The van der Waals surface area contributed by atoms with Crippen molar-refractivity contribution in [3.63, 3.8) is 0 Å². The number of halogens is 1. The number of aromatic nitrogens is 1. The third kappa shape index (κ3) is 2.73. The van der Waals surface area contributed by atoms with Crippen molar-refractivity contribution in [2.75, 3.05) is 13.2 Å². The SMILES string of the molecule is CC1CN(Cc2cccnc2Cl)C(C)CO1. The van der Waals surface area contributed by atoms with Gasteiger partial charge in [0.2, 0.25) is 0 Å². The molecule has 16 heavy (non-hydrogen) atoms. The van der Waals surface area contributed by atoms with Crippen molar-refractivity contribution < 1.29 is 4.74 Å². The van der Waals surface area contributed by atoms with Crippen LogP contribution in [0.4, 0.5) is 0 Å². The van der Waals surface area contributed by atoms with Crippen molar-refractivity contribution in [2.24, 2.45) is 0 Å². The molecule has 1 aromatic heterocycles. The van der Waals surface area contributed by atoms with Gasteiger partial charge in [0.05, 0.1) is 12.7 Å². The third-order valence-electron chi connectivity index (χ3n) is 2.95. The topological polar surface area (TPSA) is 25.4 Å². The van der Waals surface area contributed by atoms with E-state index in [1.807, 2.05) is 12.1 Å². The van der Waals surface area contributed by atoms with Crippen molar-refractivity contribution in [1.29, 1.82) is 0 Å². The van der Waals surface area contributed by atoms with Crippen molar-refractivity contribution >= 4 is 11.6 Å². The normalized spacial score (nSPS) is 26.9. The van der Waals surface area contributed by atoms with Crippen molar-refractivity contribution in [1.82, 2.24) is 9.88 Å². The molecule has 1 aliphatic heterocycles. The molecule has 2 heterocycles. The highest BCUT2D eigenvalue weighted by Gasteiger charge is 2.23. The van der Waals surface area contributed by atoms with Crippen molar-refractivity contribution in [2.45, 2.75) is 32.5 Å². The zero-order valence-electron chi connectivity index (χ0n) is 9.69. The summed E-state index contributed by atoms with van der Waals surface area (Å²) in [4.78, 5) is 6.48. The second-order valence-electron chi connectivity index (χ2n) is 4.38. The largest absolute Gasteiger partial charge is 0.376 e. The molecular formula is C12H17ClN2O. The van der Waals surface area contributed by atoms with Gasteiger partial charge in [-0.25, -0.2) is 4.98 Å². The highest BCUT2D eigenvalue weighted by Crippen LogP contribution is 2.18. The first-order chi connectivity index (χ1) is 7.66. The lowest BCUT2D eigenvalue weighted by molar-refractivity contribution is -0.0526. The van der Waals surface area contributed by atoms with E-state index in [2.05, 4.69) is 23.7 Å². The molecule has 1 aromatic rings. The number of morpholine rings is 1.